The first-order valence-corrected chi connectivity index (χ1v) is 8.55. The maximum atomic E-state index is 12.6. The Hall–Kier alpha value is -2.92. The van der Waals surface area contributed by atoms with E-state index in [9.17, 15) is 9.59 Å². The van der Waals surface area contributed by atoms with Crippen molar-refractivity contribution >= 4 is 23.6 Å². The molecule has 1 heterocycles. The molecule has 2 aromatic rings. The van der Waals surface area contributed by atoms with E-state index in [-0.39, 0.29) is 18.2 Å². The van der Waals surface area contributed by atoms with Gasteiger partial charge in [0.15, 0.2) is 0 Å². The summed E-state index contributed by atoms with van der Waals surface area (Å²) in [7, 11) is 3.99. The molecule has 0 aliphatic carbocycles. The molecular formula is C21H22N2O3. The third-order valence-corrected chi connectivity index (χ3v) is 4.11. The summed E-state index contributed by atoms with van der Waals surface area (Å²) in [6.07, 6.45) is 1.89. The molecule has 2 aromatic carbocycles. The summed E-state index contributed by atoms with van der Waals surface area (Å²) in [6, 6.07) is 16.5. The lowest BCUT2D eigenvalue weighted by Gasteiger charge is -2.12. The molecule has 1 aliphatic heterocycles. The number of rotatable bonds is 6. The predicted molar refractivity (Wildman–Crippen MR) is 102 cm³/mol. The van der Waals surface area contributed by atoms with Gasteiger partial charge in [-0.2, -0.15) is 0 Å². The summed E-state index contributed by atoms with van der Waals surface area (Å²) in [5.74, 6) is 0.331. The monoisotopic (exact) mass is 350 g/mol. The van der Waals surface area contributed by atoms with Gasteiger partial charge in [-0.3, -0.25) is 9.59 Å². The van der Waals surface area contributed by atoms with Crippen molar-refractivity contribution in [3.8, 4) is 5.75 Å². The van der Waals surface area contributed by atoms with E-state index < -0.39 is 0 Å². The fourth-order valence-electron chi connectivity index (χ4n) is 2.73. The van der Waals surface area contributed by atoms with Crippen molar-refractivity contribution in [1.82, 2.24) is 4.90 Å². The lowest BCUT2D eigenvalue weighted by molar-refractivity contribution is -0.120. The molecule has 3 rings (SSSR count). The van der Waals surface area contributed by atoms with Crippen molar-refractivity contribution in [2.45, 2.75) is 6.42 Å². The molecule has 0 unspecified atom stereocenters. The van der Waals surface area contributed by atoms with Crippen LogP contribution >= 0.6 is 0 Å². The molecule has 134 valence electrons. The maximum absolute atomic E-state index is 12.6. The number of carbonyl (C=O) groups excluding carboxylic acids is 2. The lowest BCUT2D eigenvalue weighted by Crippen LogP contribution is -2.28. The number of anilines is 1. The molecule has 0 radical (unpaired) electrons. The zero-order chi connectivity index (χ0) is 18.5. The first-order valence-electron chi connectivity index (χ1n) is 8.55. The number of carbonyl (C=O) groups is 2. The standard InChI is InChI=1S/C21H22N2O3/c1-22(2)12-13-26-19-10-8-16(9-11-19)14-17-15-20(24)23(21(17)25)18-6-4-3-5-7-18/h3-11,14H,12-13,15H2,1-2H3/b17-14+. The van der Waals surface area contributed by atoms with Crippen LogP contribution in [0.2, 0.25) is 0 Å². The molecule has 1 fully saturated rings. The molecule has 5 heteroatoms. The van der Waals surface area contributed by atoms with Gasteiger partial charge in [-0.15, -0.1) is 0 Å². The second-order valence-corrected chi connectivity index (χ2v) is 6.44. The number of ether oxygens (including phenoxy) is 1. The highest BCUT2D eigenvalue weighted by molar-refractivity contribution is 6.29. The van der Waals surface area contributed by atoms with Gasteiger partial charge in [0.1, 0.15) is 12.4 Å². The van der Waals surface area contributed by atoms with Gasteiger partial charge < -0.3 is 9.64 Å². The summed E-state index contributed by atoms with van der Waals surface area (Å²) in [6.45, 7) is 1.46. The van der Waals surface area contributed by atoms with Crippen LogP contribution in [0.4, 0.5) is 5.69 Å². The molecule has 0 atom stereocenters. The van der Waals surface area contributed by atoms with Gasteiger partial charge in [0.25, 0.3) is 5.91 Å². The zero-order valence-electron chi connectivity index (χ0n) is 15.0. The highest BCUT2D eigenvalue weighted by Gasteiger charge is 2.34. The summed E-state index contributed by atoms with van der Waals surface area (Å²) in [5.41, 5.74) is 1.98. The second-order valence-electron chi connectivity index (χ2n) is 6.44. The van der Waals surface area contributed by atoms with Crippen molar-refractivity contribution in [3.05, 3.63) is 65.7 Å². The average molecular weight is 350 g/mol. The number of nitrogens with zero attached hydrogens (tertiary/aromatic N) is 2. The normalized spacial score (nSPS) is 16.0. The van der Waals surface area contributed by atoms with Crippen molar-refractivity contribution < 1.29 is 14.3 Å². The van der Waals surface area contributed by atoms with Crippen molar-refractivity contribution in [1.29, 1.82) is 0 Å². The molecule has 0 bridgehead atoms. The Morgan fingerprint density at radius 3 is 2.38 bits per heavy atom. The Morgan fingerprint density at radius 1 is 1.04 bits per heavy atom. The van der Waals surface area contributed by atoms with E-state index >= 15 is 0 Å². The Morgan fingerprint density at radius 2 is 1.73 bits per heavy atom. The summed E-state index contributed by atoms with van der Waals surface area (Å²) >= 11 is 0. The number of likely N-dealkylation sites (N-methyl/N-ethyl adjacent to an activating group) is 1. The van der Waals surface area contributed by atoms with Gasteiger partial charge in [0.05, 0.1) is 12.1 Å². The minimum absolute atomic E-state index is 0.120. The highest BCUT2D eigenvalue weighted by atomic mass is 16.5. The SMILES string of the molecule is CN(C)CCOc1ccc(/C=C2\CC(=O)N(c3ccccc3)C2=O)cc1. The van der Waals surface area contributed by atoms with Crippen LogP contribution in [-0.2, 0) is 9.59 Å². The van der Waals surface area contributed by atoms with E-state index in [0.29, 0.717) is 17.9 Å². The molecular weight excluding hydrogens is 328 g/mol. The quantitative estimate of drug-likeness (QED) is 0.594. The first kappa shape index (κ1) is 17.9. The van der Waals surface area contributed by atoms with Gasteiger partial charge in [0.2, 0.25) is 5.91 Å². The number of amides is 2. The number of imide groups is 1. The van der Waals surface area contributed by atoms with Gasteiger partial charge in [0, 0.05) is 12.1 Å². The number of hydrogen-bond donors (Lipinski definition) is 0. The minimum Gasteiger partial charge on any atom is -0.492 e. The van der Waals surface area contributed by atoms with Crippen LogP contribution in [0.5, 0.6) is 5.75 Å². The van der Waals surface area contributed by atoms with Gasteiger partial charge in [-0.05, 0) is 50.0 Å². The summed E-state index contributed by atoms with van der Waals surface area (Å²) in [5, 5.41) is 0. The smallest absolute Gasteiger partial charge is 0.261 e. The Bertz CT molecular complexity index is 811. The highest BCUT2D eigenvalue weighted by Crippen LogP contribution is 2.27. The predicted octanol–water partition coefficient (Wildman–Crippen LogP) is 2.97. The third-order valence-electron chi connectivity index (χ3n) is 4.11. The lowest BCUT2D eigenvalue weighted by atomic mass is 10.1. The molecule has 1 aliphatic rings. The molecule has 5 nitrogen and oxygen atoms in total. The van der Waals surface area contributed by atoms with E-state index in [1.54, 1.807) is 18.2 Å². The van der Waals surface area contributed by atoms with Crippen molar-refractivity contribution in [3.63, 3.8) is 0 Å². The zero-order valence-corrected chi connectivity index (χ0v) is 15.0. The van der Waals surface area contributed by atoms with Crippen LogP contribution in [-0.4, -0.2) is 44.0 Å². The second kappa shape index (κ2) is 7.97. The maximum Gasteiger partial charge on any atom is 0.261 e. The molecule has 0 aromatic heterocycles. The fourth-order valence-corrected chi connectivity index (χ4v) is 2.73. The van der Waals surface area contributed by atoms with Crippen LogP contribution in [0.3, 0.4) is 0 Å². The van der Waals surface area contributed by atoms with Gasteiger partial charge in [-0.1, -0.05) is 30.3 Å². The van der Waals surface area contributed by atoms with Crippen molar-refractivity contribution in [2.75, 3.05) is 32.1 Å². The van der Waals surface area contributed by atoms with Crippen LogP contribution < -0.4 is 9.64 Å². The first-order chi connectivity index (χ1) is 12.5. The molecule has 26 heavy (non-hydrogen) atoms. The van der Waals surface area contributed by atoms with E-state index in [4.69, 9.17) is 4.74 Å². The van der Waals surface area contributed by atoms with Crippen LogP contribution in [0.1, 0.15) is 12.0 Å². The molecule has 0 saturated carbocycles. The number of para-hydroxylation sites is 1. The molecule has 1 saturated heterocycles. The number of benzene rings is 2. The topological polar surface area (TPSA) is 49.9 Å². The summed E-state index contributed by atoms with van der Waals surface area (Å²) < 4.78 is 5.66. The Kier molecular flexibility index (Phi) is 5.49. The largest absolute Gasteiger partial charge is 0.492 e. The van der Waals surface area contributed by atoms with Gasteiger partial charge >= 0.3 is 0 Å². The molecule has 2 amide bonds. The Balaban J connectivity index is 1.70. The van der Waals surface area contributed by atoms with Crippen LogP contribution in [0.25, 0.3) is 6.08 Å². The average Bonchev–Trinajstić information content (AvgIpc) is 2.90. The van der Waals surface area contributed by atoms with E-state index in [0.717, 1.165) is 17.9 Å². The van der Waals surface area contributed by atoms with Crippen LogP contribution in [0.15, 0.2) is 60.2 Å². The Labute approximate surface area is 153 Å². The fraction of sp³-hybridized carbons (Fsp3) is 0.238. The van der Waals surface area contributed by atoms with Crippen molar-refractivity contribution in [2.24, 2.45) is 0 Å². The van der Waals surface area contributed by atoms with E-state index in [2.05, 4.69) is 4.90 Å². The summed E-state index contributed by atoms with van der Waals surface area (Å²) in [4.78, 5) is 28.1. The molecule has 0 spiro atoms. The minimum atomic E-state index is -0.257. The third kappa shape index (κ3) is 4.18. The van der Waals surface area contributed by atoms with Gasteiger partial charge in [-0.25, -0.2) is 4.90 Å². The van der Waals surface area contributed by atoms with E-state index in [1.165, 1.54) is 4.90 Å². The number of hydrogen-bond acceptors (Lipinski definition) is 4. The van der Waals surface area contributed by atoms with E-state index in [1.807, 2.05) is 56.6 Å². The molecule has 0 N–H and O–H groups in total. The van der Waals surface area contributed by atoms with Crippen LogP contribution in [0, 0.1) is 0 Å².